The molecular weight excluding hydrogens is 299 g/mol. The molecule has 2 N–H and O–H groups in total. The van der Waals surface area contributed by atoms with Crippen molar-refractivity contribution in [1.29, 1.82) is 0 Å². The Hall–Kier alpha value is -0.940. The lowest BCUT2D eigenvalue weighted by Crippen LogP contribution is -2.38. The van der Waals surface area contributed by atoms with Crippen LogP contribution in [0.25, 0.3) is 0 Å². The van der Waals surface area contributed by atoms with Gasteiger partial charge in [-0.15, -0.1) is 0 Å². The molecule has 0 aliphatic carbocycles. The zero-order chi connectivity index (χ0) is 13.0. The van der Waals surface area contributed by atoms with E-state index in [4.69, 9.17) is 0 Å². The number of hydrogen-bond donors (Lipinski definition) is 2. The van der Waals surface area contributed by atoms with Gasteiger partial charge in [-0.1, -0.05) is 0 Å². The summed E-state index contributed by atoms with van der Waals surface area (Å²) >= 11 is 3.20. The number of benzene rings is 1. The molecule has 1 aliphatic heterocycles. The van der Waals surface area contributed by atoms with Crippen LogP contribution in [0.1, 0.15) is 23.2 Å². The number of hydrogen-bond acceptors (Lipinski definition) is 2. The Morgan fingerprint density at radius 2 is 2.39 bits per heavy atom. The van der Waals surface area contributed by atoms with Gasteiger partial charge in [0.15, 0.2) is 0 Å². The average molecular weight is 315 g/mol. The highest BCUT2D eigenvalue weighted by Gasteiger charge is 2.15. The van der Waals surface area contributed by atoms with Gasteiger partial charge in [0.05, 0.1) is 5.56 Å². The first-order valence-electron chi connectivity index (χ1n) is 6.11. The van der Waals surface area contributed by atoms with E-state index in [-0.39, 0.29) is 11.7 Å². The van der Waals surface area contributed by atoms with Gasteiger partial charge in [-0.25, -0.2) is 4.39 Å². The zero-order valence-electron chi connectivity index (χ0n) is 10.0. The molecule has 1 aromatic rings. The monoisotopic (exact) mass is 314 g/mol. The summed E-state index contributed by atoms with van der Waals surface area (Å²) in [7, 11) is 0. The molecule has 18 heavy (non-hydrogen) atoms. The first-order valence-corrected chi connectivity index (χ1v) is 6.90. The molecule has 2 rings (SSSR count). The number of rotatable bonds is 3. The fraction of sp³-hybridized carbons (Fsp3) is 0.462. The van der Waals surface area contributed by atoms with Gasteiger partial charge in [0.25, 0.3) is 5.91 Å². The van der Waals surface area contributed by atoms with Gasteiger partial charge in [0.1, 0.15) is 5.82 Å². The number of nitrogens with one attached hydrogen (secondary N) is 2. The van der Waals surface area contributed by atoms with Gasteiger partial charge < -0.3 is 10.6 Å². The quantitative estimate of drug-likeness (QED) is 0.899. The Bertz CT molecular complexity index is 433. The second-order valence-corrected chi connectivity index (χ2v) is 5.40. The van der Waals surface area contributed by atoms with Crippen molar-refractivity contribution in [2.45, 2.75) is 12.8 Å². The van der Waals surface area contributed by atoms with Gasteiger partial charge in [-0.2, -0.15) is 0 Å². The molecule has 0 bridgehead atoms. The first kappa shape index (κ1) is 13.5. The predicted molar refractivity (Wildman–Crippen MR) is 72.0 cm³/mol. The van der Waals surface area contributed by atoms with Crippen LogP contribution in [0.3, 0.4) is 0 Å². The minimum atomic E-state index is -0.352. The fourth-order valence-corrected chi connectivity index (χ4v) is 2.64. The highest BCUT2D eigenvalue weighted by molar-refractivity contribution is 9.10. The fourth-order valence-electron chi connectivity index (χ4n) is 2.10. The Balaban J connectivity index is 1.90. The smallest absolute Gasteiger partial charge is 0.252 e. The summed E-state index contributed by atoms with van der Waals surface area (Å²) in [6, 6.07) is 4.09. The van der Waals surface area contributed by atoms with E-state index in [0.29, 0.717) is 22.5 Å². The molecule has 5 heteroatoms. The zero-order valence-corrected chi connectivity index (χ0v) is 11.6. The third-order valence-electron chi connectivity index (χ3n) is 3.13. The van der Waals surface area contributed by atoms with Gasteiger partial charge >= 0.3 is 0 Å². The molecule has 1 atom stereocenters. The van der Waals surface area contributed by atoms with Crippen LogP contribution >= 0.6 is 15.9 Å². The summed E-state index contributed by atoms with van der Waals surface area (Å²) in [5.41, 5.74) is 0.472. The van der Waals surface area contributed by atoms with E-state index < -0.39 is 0 Å². The maximum Gasteiger partial charge on any atom is 0.252 e. The summed E-state index contributed by atoms with van der Waals surface area (Å²) < 4.78 is 13.4. The molecule has 1 amide bonds. The maximum absolute atomic E-state index is 12.9. The van der Waals surface area contributed by atoms with Crippen molar-refractivity contribution in [2.24, 2.45) is 5.92 Å². The summed E-state index contributed by atoms with van der Waals surface area (Å²) in [5.74, 6) is -0.0238. The molecule has 1 aromatic carbocycles. The van der Waals surface area contributed by atoms with Crippen LogP contribution < -0.4 is 10.6 Å². The van der Waals surface area contributed by atoms with Crippen LogP contribution in [0.4, 0.5) is 4.39 Å². The number of halogens is 2. The minimum Gasteiger partial charge on any atom is -0.352 e. The van der Waals surface area contributed by atoms with Crippen LogP contribution in [0.15, 0.2) is 22.7 Å². The van der Waals surface area contributed by atoms with E-state index in [1.165, 1.54) is 18.2 Å². The summed E-state index contributed by atoms with van der Waals surface area (Å²) in [6.45, 7) is 2.68. The van der Waals surface area contributed by atoms with Gasteiger partial charge in [-0.3, -0.25) is 4.79 Å². The molecule has 1 fully saturated rings. The average Bonchev–Trinajstić information content (AvgIpc) is 2.37. The van der Waals surface area contributed by atoms with Crippen molar-refractivity contribution in [2.75, 3.05) is 19.6 Å². The lowest BCUT2D eigenvalue weighted by Gasteiger charge is -2.22. The molecule has 0 spiro atoms. The lowest BCUT2D eigenvalue weighted by atomic mass is 10.00. The van der Waals surface area contributed by atoms with Crippen molar-refractivity contribution in [3.63, 3.8) is 0 Å². The van der Waals surface area contributed by atoms with E-state index in [0.717, 1.165) is 25.9 Å². The Labute approximate surface area is 114 Å². The Morgan fingerprint density at radius 3 is 3.06 bits per heavy atom. The van der Waals surface area contributed by atoms with E-state index in [1.54, 1.807) is 0 Å². The highest BCUT2D eigenvalue weighted by atomic mass is 79.9. The predicted octanol–water partition coefficient (Wildman–Crippen LogP) is 2.32. The number of carbonyl (C=O) groups is 1. The third-order valence-corrected chi connectivity index (χ3v) is 3.78. The molecule has 1 saturated heterocycles. The van der Waals surface area contributed by atoms with Crippen LogP contribution in [-0.2, 0) is 0 Å². The number of piperidine rings is 1. The van der Waals surface area contributed by atoms with Crippen LogP contribution in [0.5, 0.6) is 0 Å². The lowest BCUT2D eigenvalue weighted by molar-refractivity contribution is 0.0944. The van der Waals surface area contributed by atoms with E-state index >= 15 is 0 Å². The van der Waals surface area contributed by atoms with E-state index in [1.807, 2.05) is 0 Å². The van der Waals surface area contributed by atoms with Crippen LogP contribution in [0, 0.1) is 11.7 Å². The first-order chi connectivity index (χ1) is 8.66. The van der Waals surface area contributed by atoms with Crippen molar-refractivity contribution >= 4 is 21.8 Å². The molecule has 0 aromatic heterocycles. The second-order valence-electron chi connectivity index (χ2n) is 4.55. The van der Waals surface area contributed by atoms with Gasteiger partial charge in [0.2, 0.25) is 0 Å². The van der Waals surface area contributed by atoms with E-state index in [9.17, 15) is 9.18 Å². The highest BCUT2D eigenvalue weighted by Crippen LogP contribution is 2.18. The Morgan fingerprint density at radius 1 is 1.56 bits per heavy atom. The standard InChI is InChI=1S/C13H16BrFN2O/c14-12-6-10(15)3-4-11(12)13(18)17-8-9-2-1-5-16-7-9/h3-4,6,9,16H,1-2,5,7-8H2,(H,17,18). The minimum absolute atomic E-state index is 0.160. The normalized spacial score (nSPS) is 19.6. The number of carbonyl (C=O) groups excluding carboxylic acids is 1. The van der Waals surface area contributed by atoms with Crippen molar-refractivity contribution < 1.29 is 9.18 Å². The Kier molecular flexibility index (Phi) is 4.72. The molecule has 98 valence electrons. The topological polar surface area (TPSA) is 41.1 Å². The summed E-state index contributed by atoms with van der Waals surface area (Å²) in [5, 5.41) is 6.20. The molecule has 0 saturated carbocycles. The SMILES string of the molecule is O=C(NCC1CCCNC1)c1ccc(F)cc1Br. The molecule has 1 heterocycles. The summed E-state index contributed by atoms with van der Waals surface area (Å²) in [6.07, 6.45) is 2.29. The second kappa shape index (κ2) is 6.29. The largest absolute Gasteiger partial charge is 0.352 e. The van der Waals surface area contributed by atoms with Crippen molar-refractivity contribution in [3.8, 4) is 0 Å². The molecule has 1 unspecified atom stereocenters. The van der Waals surface area contributed by atoms with Gasteiger partial charge in [0, 0.05) is 11.0 Å². The molecular formula is C13H16BrFN2O. The van der Waals surface area contributed by atoms with Crippen molar-refractivity contribution in [1.82, 2.24) is 10.6 Å². The maximum atomic E-state index is 12.9. The third kappa shape index (κ3) is 3.53. The molecule has 0 radical (unpaired) electrons. The molecule has 3 nitrogen and oxygen atoms in total. The molecule has 1 aliphatic rings. The van der Waals surface area contributed by atoms with Crippen LogP contribution in [-0.4, -0.2) is 25.5 Å². The van der Waals surface area contributed by atoms with Gasteiger partial charge in [-0.05, 0) is 66.0 Å². The number of amides is 1. The van der Waals surface area contributed by atoms with Crippen molar-refractivity contribution in [3.05, 3.63) is 34.1 Å². The van der Waals surface area contributed by atoms with E-state index in [2.05, 4.69) is 26.6 Å². The van der Waals surface area contributed by atoms with Crippen LogP contribution in [0.2, 0.25) is 0 Å². The summed E-state index contributed by atoms with van der Waals surface area (Å²) in [4.78, 5) is 11.9.